The molecule has 1 N–H and O–H groups in total. The first-order valence-corrected chi connectivity index (χ1v) is 6.83. The molecule has 1 heterocycles. The lowest BCUT2D eigenvalue weighted by Crippen LogP contribution is -2.24. The zero-order chi connectivity index (χ0) is 12.1. The molecular weight excluding hydrogens is 229 g/mol. The molecule has 1 rings (SSSR count). The Morgan fingerprint density at radius 2 is 2.25 bits per heavy atom. The topological polar surface area (TPSA) is 54.9 Å². The van der Waals surface area contributed by atoms with Crippen molar-refractivity contribution in [3.8, 4) is 0 Å². The van der Waals surface area contributed by atoms with Crippen molar-refractivity contribution in [3.05, 3.63) is 17.8 Å². The Morgan fingerprint density at radius 1 is 1.56 bits per heavy atom. The van der Waals surface area contributed by atoms with Crippen molar-refractivity contribution in [2.24, 2.45) is 0 Å². The highest BCUT2D eigenvalue weighted by Crippen LogP contribution is 2.14. The Balaban J connectivity index is 2.77. The lowest BCUT2D eigenvalue weighted by molar-refractivity contribution is 0.594. The minimum absolute atomic E-state index is 0.0834. The summed E-state index contributed by atoms with van der Waals surface area (Å²) in [5.41, 5.74) is 0.391. The fraction of sp³-hybridized carbons (Fsp3) is 0.600. The van der Waals surface area contributed by atoms with Gasteiger partial charge in [0, 0.05) is 28.9 Å². The van der Waals surface area contributed by atoms with E-state index in [1.165, 1.54) is 6.33 Å². The van der Waals surface area contributed by atoms with E-state index in [0.29, 0.717) is 17.9 Å². The number of anilines is 1. The first-order valence-electron chi connectivity index (χ1n) is 5.10. The molecule has 4 nitrogen and oxygen atoms in total. The fourth-order valence-corrected chi connectivity index (χ4v) is 2.17. The third-order valence-corrected chi connectivity index (χ3v) is 3.03. The van der Waals surface area contributed by atoms with Gasteiger partial charge in [-0.2, -0.15) is 0 Å². The molecule has 0 saturated carbocycles. The molecule has 0 aliphatic rings. The molecule has 1 aromatic rings. The molecule has 0 fully saturated rings. The van der Waals surface area contributed by atoms with E-state index in [1.807, 2.05) is 13.8 Å². The molecule has 0 radical (unpaired) electrons. The van der Waals surface area contributed by atoms with Crippen molar-refractivity contribution in [2.75, 3.05) is 17.3 Å². The van der Waals surface area contributed by atoms with E-state index < -0.39 is 16.6 Å². The third kappa shape index (κ3) is 3.52. The summed E-state index contributed by atoms with van der Waals surface area (Å²) < 4.78 is 24.7. The fourth-order valence-electron chi connectivity index (χ4n) is 1.38. The summed E-state index contributed by atoms with van der Waals surface area (Å²) >= 11 is 0. The molecule has 16 heavy (non-hydrogen) atoms. The summed E-state index contributed by atoms with van der Waals surface area (Å²) in [6.07, 6.45) is 3.48. The van der Waals surface area contributed by atoms with Gasteiger partial charge in [0.2, 0.25) is 0 Å². The summed E-state index contributed by atoms with van der Waals surface area (Å²) in [5, 5.41) is 2.90. The summed E-state index contributed by atoms with van der Waals surface area (Å²) in [6, 6.07) is -0.0834. The van der Waals surface area contributed by atoms with Gasteiger partial charge in [0.25, 0.3) is 0 Å². The van der Waals surface area contributed by atoms with E-state index >= 15 is 0 Å². The molecule has 0 saturated heterocycles. The maximum absolute atomic E-state index is 13.7. The Labute approximate surface area is 97.2 Å². The smallest absolute Gasteiger partial charge is 0.186 e. The second-order valence-electron chi connectivity index (χ2n) is 3.62. The predicted molar refractivity (Wildman–Crippen MR) is 63.4 cm³/mol. The number of hydrogen-bond acceptors (Lipinski definition) is 4. The van der Waals surface area contributed by atoms with Crippen molar-refractivity contribution in [3.63, 3.8) is 0 Å². The van der Waals surface area contributed by atoms with Crippen LogP contribution in [0, 0.1) is 5.82 Å². The minimum Gasteiger partial charge on any atom is -0.364 e. The van der Waals surface area contributed by atoms with E-state index in [2.05, 4.69) is 15.3 Å². The number of nitrogens with zero attached hydrogens (tertiary/aromatic N) is 2. The zero-order valence-corrected chi connectivity index (χ0v) is 10.5. The van der Waals surface area contributed by atoms with Crippen LogP contribution in [0.15, 0.2) is 6.33 Å². The molecule has 1 aromatic heterocycles. The van der Waals surface area contributed by atoms with E-state index in [9.17, 15) is 8.60 Å². The van der Waals surface area contributed by atoms with Gasteiger partial charge >= 0.3 is 0 Å². The Kier molecular flexibility index (Phi) is 4.79. The highest BCUT2D eigenvalue weighted by atomic mass is 32.2. The normalized spacial score (nSPS) is 14.5. The van der Waals surface area contributed by atoms with Crippen molar-refractivity contribution in [2.45, 2.75) is 26.3 Å². The number of hydrogen-bond donors (Lipinski definition) is 1. The molecule has 0 aliphatic heterocycles. The molecule has 90 valence electrons. The number of aromatic nitrogens is 2. The molecule has 0 aliphatic carbocycles. The zero-order valence-electron chi connectivity index (χ0n) is 9.66. The molecule has 0 bridgehead atoms. The van der Waals surface area contributed by atoms with Gasteiger partial charge in [-0.05, 0) is 13.3 Å². The van der Waals surface area contributed by atoms with Gasteiger partial charge in [0.05, 0.1) is 5.69 Å². The van der Waals surface area contributed by atoms with Gasteiger partial charge in [0.15, 0.2) is 11.6 Å². The van der Waals surface area contributed by atoms with Crippen LogP contribution in [0.2, 0.25) is 0 Å². The second kappa shape index (κ2) is 5.89. The van der Waals surface area contributed by atoms with Crippen LogP contribution in [-0.4, -0.2) is 32.2 Å². The second-order valence-corrected chi connectivity index (χ2v) is 5.10. The molecule has 2 unspecified atom stereocenters. The highest BCUT2D eigenvalue weighted by Gasteiger charge is 2.12. The van der Waals surface area contributed by atoms with Crippen molar-refractivity contribution in [1.82, 2.24) is 9.97 Å². The lowest BCUT2D eigenvalue weighted by atomic mass is 10.3. The predicted octanol–water partition coefficient (Wildman–Crippen LogP) is 1.36. The van der Waals surface area contributed by atoms with Gasteiger partial charge in [-0.1, -0.05) is 6.92 Å². The number of nitrogens with one attached hydrogen (secondary N) is 1. The SMILES string of the molecule is CCc1ncnc(NC(C)CS(C)=O)c1F. The third-order valence-electron chi connectivity index (χ3n) is 2.06. The van der Waals surface area contributed by atoms with Crippen LogP contribution < -0.4 is 5.32 Å². The van der Waals surface area contributed by atoms with Crippen molar-refractivity contribution in [1.29, 1.82) is 0 Å². The van der Waals surface area contributed by atoms with Crippen LogP contribution in [0.25, 0.3) is 0 Å². The Bertz CT molecular complexity index is 386. The standard InChI is InChI=1S/C10H16FN3OS/c1-4-8-9(11)10(13-6-12-8)14-7(2)5-16(3)15/h6-7H,4-5H2,1-3H3,(H,12,13,14). The number of aryl methyl sites for hydroxylation is 1. The van der Waals surface area contributed by atoms with Crippen LogP contribution in [0.4, 0.5) is 10.2 Å². The number of halogens is 1. The molecule has 0 spiro atoms. The van der Waals surface area contributed by atoms with Crippen LogP contribution >= 0.6 is 0 Å². The van der Waals surface area contributed by atoms with Crippen LogP contribution in [0.3, 0.4) is 0 Å². The average molecular weight is 245 g/mol. The van der Waals surface area contributed by atoms with Crippen LogP contribution in [0.1, 0.15) is 19.5 Å². The lowest BCUT2D eigenvalue weighted by Gasteiger charge is -2.14. The average Bonchev–Trinajstić information content (AvgIpc) is 2.20. The summed E-state index contributed by atoms with van der Waals surface area (Å²) in [6.45, 7) is 3.67. The molecule has 2 atom stereocenters. The largest absolute Gasteiger partial charge is 0.364 e. The van der Waals surface area contributed by atoms with Gasteiger partial charge in [0.1, 0.15) is 6.33 Å². The summed E-state index contributed by atoms with van der Waals surface area (Å²) in [4.78, 5) is 7.68. The Hall–Kier alpha value is -1.04. The maximum Gasteiger partial charge on any atom is 0.186 e. The quantitative estimate of drug-likeness (QED) is 0.851. The minimum atomic E-state index is -0.911. The van der Waals surface area contributed by atoms with E-state index in [4.69, 9.17) is 0 Å². The van der Waals surface area contributed by atoms with Gasteiger partial charge in [-0.25, -0.2) is 14.4 Å². The Morgan fingerprint density at radius 3 is 2.81 bits per heavy atom. The maximum atomic E-state index is 13.7. The van der Waals surface area contributed by atoms with Crippen molar-refractivity contribution >= 4 is 16.6 Å². The monoisotopic (exact) mass is 245 g/mol. The van der Waals surface area contributed by atoms with Gasteiger partial charge < -0.3 is 5.32 Å². The van der Waals surface area contributed by atoms with E-state index in [1.54, 1.807) is 6.26 Å². The molecular formula is C10H16FN3OS. The summed E-state index contributed by atoms with van der Waals surface area (Å²) in [5.74, 6) is 0.230. The van der Waals surface area contributed by atoms with Gasteiger partial charge in [-0.15, -0.1) is 0 Å². The van der Waals surface area contributed by atoms with E-state index in [0.717, 1.165) is 0 Å². The first-order chi connectivity index (χ1) is 7.54. The van der Waals surface area contributed by atoms with Crippen LogP contribution in [-0.2, 0) is 17.2 Å². The molecule has 0 aromatic carbocycles. The molecule has 0 amide bonds. The van der Waals surface area contributed by atoms with Crippen molar-refractivity contribution < 1.29 is 8.60 Å². The molecule has 6 heteroatoms. The number of rotatable bonds is 5. The van der Waals surface area contributed by atoms with E-state index in [-0.39, 0.29) is 11.9 Å². The first kappa shape index (κ1) is 13.0. The highest BCUT2D eigenvalue weighted by molar-refractivity contribution is 7.84. The van der Waals surface area contributed by atoms with Gasteiger partial charge in [-0.3, -0.25) is 4.21 Å². The summed E-state index contributed by atoms with van der Waals surface area (Å²) in [7, 11) is -0.911. The van der Waals surface area contributed by atoms with Crippen LogP contribution in [0.5, 0.6) is 0 Å².